The zero-order valence-electron chi connectivity index (χ0n) is 14.3. The molecule has 0 aliphatic heterocycles. The number of aliphatic hydroxyl groups is 1. The average molecular weight is 335 g/mol. The second kappa shape index (κ2) is 6.18. The van der Waals surface area contributed by atoms with Gasteiger partial charge in [-0.1, -0.05) is 32.9 Å². The molecule has 0 aliphatic rings. The maximum absolute atomic E-state index is 10.6. The Morgan fingerprint density at radius 2 is 1.86 bits per heavy atom. The van der Waals surface area contributed by atoms with Crippen molar-refractivity contribution in [3.8, 4) is 5.75 Å². The van der Waals surface area contributed by atoms with E-state index >= 15 is 0 Å². The van der Waals surface area contributed by atoms with Crippen LogP contribution in [0.5, 0.6) is 5.75 Å². The van der Waals surface area contributed by atoms with Gasteiger partial charge in [-0.2, -0.15) is 0 Å². The molecule has 4 heteroatoms. The van der Waals surface area contributed by atoms with Crippen molar-refractivity contribution >= 4 is 19.7 Å². The van der Waals surface area contributed by atoms with Gasteiger partial charge in [-0.15, -0.1) is 11.3 Å². The lowest BCUT2D eigenvalue weighted by Gasteiger charge is -2.36. The summed E-state index contributed by atoms with van der Waals surface area (Å²) in [5.74, 6) is 0.858. The molecule has 2 nitrogen and oxygen atoms in total. The zero-order valence-corrected chi connectivity index (χ0v) is 16.1. The van der Waals surface area contributed by atoms with Gasteiger partial charge in [-0.25, -0.2) is 0 Å². The summed E-state index contributed by atoms with van der Waals surface area (Å²) in [6.07, 6.45) is -0.582. The van der Waals surface area contributed by atoms with E-state index in [1.165, 1.54) is 5.56 Å². The van der Waals surface area contributed by atoms with Crippen molar-refractivity contribution in [3.05, 3.63) is 51.7 Å². The van der Waals surface area contributed by atoms with Gasteiger partial charge in [-0.3, -0.25) is 0 Å². The van der Waals surface area contributed by atoms with Crippen molar-refractivity contribution in [2.75, 3.05) is 0 Å². The minimum Gasteiger partial charge on any atom is -0.543 e. The van der Waals surface area contributed by atoms with E-state index in [4.69, 9.17) is 4.43 Å². The lowest BCUT2D eigenvalue weighted by Crippen LogP contribution is -2.43. The second-order valence-corrected chi connectivity index (χ2v) is 13.0. The Morgan fingerprint density at radius 3 is 2.41 bits per heavy atom. The van der Waals surface area contributed by atoms with Crippen molar-refractivity contribution in [2.24, 2.45) is 0 Å². The fraction of sp³-hybridized carbons (Fsp3) is 0.444. The first kappa shape index (κ1) is 17.3. The second-order valence-electron chi connectivity index (χ2n) is 7.36. The number of aliphatic hydroxyl groups excluding tert-OH is 1. The minimum atomic E-state index is -1.86. The van der Waals surface area contributed by atoms with Crippen LogP contribution in [0.1, 0.15) is 42.9 Å². The maximum atomic E-state index is 10.6. The van der Waals surface area contributed by atoms with E-state index in [9.17, 15) is 5.11 Å². The molecule has 0 aliphatic carbocycles. The monoisotopic (exact) mass is 334 g/mol. The molecule has 0 amide bonds. The molecule has 22 heavy (non-hydrogen) atoms. The maximum Gasteiger partial charge on any atom is 0.250 e. The molecule has 2 aromatic rings. The van der Waals surface area contributed by atoms with Crippen LogP contribution in [-0.2, 0) is 0 Å². The molecule has 1 aromatic carbocycles. The lowest BCUT2D eigenvalue weighted by molar-refractivity contribution is 0.224. The third kappa shape index (κ3) is 3.80. The standard InChI is InChI=1S/C18H26O2SSi/c1-13-10-16(21-12-13)17(19)14-8-7-9-15(11-14)20-22(5,6)18(2,3)4/h7-12,17,19H,1-6H3. The fourth-order valence-corrected chi connectivity index (χ4v) is 3.89. The Balaban J connectivity index is 2.24. The van der Waals surface area contributed by atoms with Gasteiger partial charge in [0.25, 0.3) is 0 Å². The minimum absolute atomic E-state index is 0.159. The molecule has 0 saturated heterocycles. The van der Waals surface area contributed by atoms with Gasteiger partial charge < -0.3 is 9.53 Å². The van der Waals surface area contributed by atoms with Crippen molar-refractivity contribution in [1.82, 2.24) is 0 Å². The molecule has 120 valence electrons. The summed E-state index contributed by atoms with van der Waals surface area (Å²) in [5.41, 5.74) is 2.07. The molecule has 0 spiro atoms. The van der Waals surface area contributed by atoms with Crippen molar-refractivity contribution in [1.29, 1.82) is 0 Å². The average Bonchev–Trinajstić information content (AvgIpc) is 2.83. The largest absolute Gasteiger partial charge is 0.543 e. The molecule has 1 aromatic heterocycles. The summed E-state index contributed by atoms with van der Waals surface area (Å²) in [6.45, 7) is 13.2. The third-order valence-corrected chi connectivity index (χ3v) is 9.83. The van der Waals surface area contributed by atoms with Gasteiger partial charge in [0.1, 0.15) is 11.9 Å². The molecule has 0 radical (unpaired) electrons. The lowest BCUT2D eigenvalue weighted by atomic mass is 10.1. The summed E-state index contributed by atoms with van der Waals surface area (Å²) >= 11 is 1.59. The Morgan fingerprint density at radius 1 is 1.18 bits per heavy atom. The topological polar surface area (TPSA) is 29.5 Å². The summed E-state index contributed by atoms with van der Waals surface area (Å²) < 4.78 is 6.33. The van der Waals surface area contributed by atoms with Crippen LogP contribution in [0, 0.1) is 6.92 Å². The Hall–Kier alpha value is -1.10. The van der Waals surface area contributed by atoms with Crippen LogP contribution >= 0.6 is 11.3 Å². The number of hydrogen-bond acceptors (Lipinski definition) is 3. The number of aryl methyl sites for hydroxylation is 1. The molecule has 1 unspecified atom stereocenters. The Kier molecular flexibility index (Phi) is 4.85. The van der Waals surface area contributed by atoms with Gasteiger partial charge >= 0.3 is 0 Å². The van der Waals surface area contributed by atoms with Crippen molar-refractivity contribution in [2.45, 2.75) is 51.9 Å². The highest BCUT2D eigenvalue weighted by Gasteiger charge is 2.39. The van der Waals surface area contributed by atoms with Crippen molar-refractivity contribution < 1.29 is 9.53 Å². The molecule has 0 bridgehead atoms. The van der Waals surface area contributed by atoms with Gasteiger partial charge in [0, 0.05) is 4.88 Å². The van der Waals surface area contributed by atoms with Gasteiger partial charge in [0.05, 0.1) is 0 Å². The van der Waals surface area contributed by atoms with Crippen LogP contribution in [-0.4, -0.2) is 13.4 Å². The van der Waals surface area contributed by atoms with Crippen LogP contribution in [0.15, 0.2) is 35.7 Å². The summed E-state index contributed by atoms with van der Waals surface area (Å²) in [6, 6.07) is 9.91. The predicted octanol–water partition coefficient (Wildman–Crippen LogP) is 5.52. The Labute approximate surface area is 138 Å². The normalized spacial score (nSPS) is 14.0. The van der Waals surface area contributed by atoms with E-state index < -0.39 is 14.4 Å². The molecule has 1 N–H and O–H groups in total. The van der Waals surface area contributed by atoms with Crippen LogP contribution in [0.25, 0.3) is 0 Å². The van der Waals surface area contributed by atoms with Crippen LogP contribution in [0.2, 0.25) is 18.1 Å². The molecular formula is C18H26O2SSi. The first-order chi connectivity index (χ1) is 10.1. The number of hydrogen-bond donors (Lipinski definition) is 1. The zero-order chi connectivity index (χ0) is 16.5. The van der Waals surface area contributed by atoms with Gasteiger partial charge in [-0.05, 0) is 59.8 Å². The molecule has 1 heterocycles. The first-order valence-corrected chi connectivity index (χ1v) is 11.4. The molecule has 2 rings (SSSR count). The van der Waals surface area contributed by atoms with Gasteiger partial charge in [0.15, 0.2) is 0 Å². The SMILES string of the molecule is Cc1csc(C(O)c2cccc(O[Si](C)(C)C(C)(C)C)c2)c1. The van der Waals surface area contributed by atoms with E-state index in [0.717, 1.165) is 16.2 Å². The van der Waals surface area contributed by atoms with E-state index in [-0.39, 0.29) is 5.04 Å². The molecule has 0 saturated carbocycles. The molecule has 0 fully saturated rings. The first-order valence-electron chi connectivity index (χ1n) is 7.62. The van der Waals surface area contributed by atoms with Crippen molar-refractivity contribution in [3.63, 3.8) is 0 Å². The van der Waals surface area contributed by atoms with Crippen LogP contribution in [0.3, 0.4) is 0 Å². The predicted molar refractivity (Wildman–Crippen MR) is 97.4 cm³/mol. The summed E-state index contributed by atoms with van der Waals surface area (Å²) in [4.78, 5) is 0.974. The van der Waals surface area contributed by atoms with E-state index in [1.807, 2.05) is 37.3 Å². The van der Waals surface area contributed by atoms with Gasteiger partial charge in [0.2, 0.25) is 8.32 Å². The number of thiophene rings is 1. The third-order valence-electron chi connectivity index (χ3n) is 4.37. The fourth-order valence-electron chi connectivity index (χ4n) is 1.96. The Bertz CT molecular complexity index is 641. The number of benzene rings is 1. The van der Waals surface area contributed by atoms with Crippen LogP contribution in [0.4, 0.5) is 0 Å². The summed E-state index contributed by atoms with van der Waals surface area (Å²) in [5, 5.41) is 12.8. The highest BCUT2D eigenvalue weighted by molar-refractivity contribution is 7.10. The highest BCUT2D eigenvalue weighted by atomic mass is 32.1. The smallest absolute Gasteiger partial charge is 0.250 e. The molecular weight excluding hydrogens is 308 g/mol. The van der Waals surface area contributed by atoms with Crippen LogP contribution < -0.4 is 4.43 Å². The highest BCUT2D eigenvalue weighted by Crippen LogP contribution is 2.38. The number of rotatable bonds is 4. The quantitative estimate of drug-likeness (QED) is 0.746. The van der Waals surface area contributed by atoms with E-state index in [1.54, 1.807) is 11.3 Å². The van der Waals surface area contributed by atoms with E-state index in [2.05, 4.69) is 39.2 Å². The summed E-state index contributed by atoms with van der Waals surface area (Å²) in [7, 11) is -1.86. The van der Waals surface area contributed by atoms with E-state index in [0.29, 0.717) is 0 Å². The molecule has 1 atom stereocenters.